The Labute approximate surface area is 153 Å². The second-order valence-electron chi connectivity index (χ2n) is 6.84. The molecule has 2 rings (SSSR count). The quantitative estimate of drug-likeness (QED) is 0.674. The SMILES string of the molecule is CC(C)=CCCN1CCC(CNC(=O)c2cc(Cl)c(N)[nH]c2=O)CC1. The van der Waals surface area contributed by atoms with Crippen LogP contribution in [0.2, 0.25) is 5.02 Å². The molecule has 0 atom stereocenters. The lowest BCUT2D eigenvalue weighted by Crippen LogP contribution is -2.39. The number of halogens is 1. The van der Waals surface area contributed by atoms with E-state index < -0.39 is 11.5 Å². The molecule has 0 unspecified atom stereocenters. The van der Waals surface area contributed by atoms with Crippen molar-refractivity contribution in [1.82, 2.24) is 15.2 Å². The first kappa shape index (κ1) is 19.5. The number of nitrogens with zero attached hydrogens (tertiary/aromatic N) is 1. The molecule has 0 aliphatic carbocycles. The van der Waals surface area contributed by atoms with Crippen LogP contribution in [0.25, 0.3) is 0 Å². The van der Waals surface area contributed by atoms with E-state index in [1.807, 2.05) is 0 Å². The molecule has 0 radical (unpaired) electrons. The second kappa shape index (κ2) is 9.06. The number of carbonyl (C=O) groups is 1. The summed E-state index contributed by atoms with van der Waals surface area (Å²) < 4.78 is 0. The number of aromatic nitrogens is 1. The smallest absolute Gasteiger partial charge is 0.262 e. The van der Waals surface area contributed by atoms with Gasteiger partial charge in [0.05, 0.1) is 5.02 Å². The third-order valence-corrected chi connectivity index (χ3v) is 4.83. The predicted octanol–water partition coefficient (Wildman–Crippen LogP) is 2.41. The fourth-order valence-electron chi connectivity index (χ4n) is 2.97. The molecule has 138 valence electrons. The number of nitrogens with one attached hydrogen (secondary N) is 2. The average Bonchev–Trinajstić information content (AvgIpc) is 2.57. The predicted molar refractivity (Wildman–Crippen MR) is 102 cm³/mol. The van der Waals surface area contributed by atoms with Crippen molar-refractivity contribution in [2.75, 3.05) is 31.9 Å². The van der Waals surface area contributed by atoms with Crippen molar-refractivity contribution in [3.63, 3.8) is 0 Å². The van der Waals surface area contributed by atoms with E-state index in [9.17, 15) is 9.59 Å². The Morgan fingerprint density at radius 2 is 2.12 bits per heavy atom. The van der Waals surface area contributed by atoms with E-state index in [2.05, 4.69) is 35.1 Å². The summed E-state index contributed by atoms with van der Waals surface area (Å²) in [5, 5.41) is 3.02. The summed E-state index contributed by atoms with van der Waals surface area (Å²) in [5.74, 6) is 0.102. The van der Waals surface area contributed by atoms with Crippen LogP contribution in [0.5, 0.6) is 0 Å². The number of nitrogen functional groups attached to an aromatic ring is 1. The zero-order valence-corrected chi connectivity index (χ0v) is 15.7. The Hall–Kier alpha value is -1.79. The summed E-state index contributed by atoms with van der Waals surface area (Å²) in [5.41, 5.74) is 6.35. The molecule has 1 aliphatic rings. The monoisotopic (exact) mass is 366 g/mol. The van der Waals surface area contributed by atoms with Crippen molar-refractivity contribution in [3.8, 4) is 0 Å². The van der Waals surface area contributed by atoms with Crippen molar-refractivity contribution in [3.05, 3.63) is 38.7 Å². The van der Waals surface area contributed by atoms with E-state index in [-0.39, 0.29) is 16.4 Å². The van der Waals surface area contributed by atoms with Crippen LogP contribution in [0.4, 0.5) is 5.82 Å². The van der Waals surface area contributed by atoms with Crippen molar-refractivity contribution >= 4 is 23.3 Å². The Balaban J connectivity index is 1.78. The van der Waals surface area contributed by atoms with Gasteiger partial charge in [0.25, 0.3) is 11.5 Å². The van der Waals surface area contributed by atoms with Gasteiger partial charge in [0.15, 0.2) is 0 Å². The lowest BCUT2D eigenvalue weighted by molar-refractivity contribution is 0.0935. The maximum absolute atomic E-state index is 12.2. The highest BCUT2D eigenvalue weighted by molar-refractivity contribution is 6.33. The van der Waals surface area contributed by atoms with E-state index in [1.54, 1.807) is 0 Å². The average molecular weight is 367 g/mol. The molecule has 0 saturated carbocycles. The summed E-state index contributed by atoms with van der Waals surface area (Å²) in [4.78, 5) is 28.8. The molecule has 1 aromatic rings. The Kier molecular flexibility index (Phi) is 7.08. The largest absolute Gasteiger partial charge is 0.384 e. The van der Waals surface area contributed by atoms with Crippen LogP contribution in [0.3, 0.4) is 0 Å². The van der Waals surface area contributed by atoms with E-state index >= 15 is 0 Å². The zero-order valence-electron chi connectivity index (χ0n) is 14.9. The van der Waals surface area contributed by atoms with Crippen LogP contribution in [0.15, 0.2) is 22.5 Å². The lowest BCUT2D eigenvalue weighted by atomic mass is 9.96. The molecule has 25 heavy (non-hydrogen) atoms. The fraction of sp³-hybridized carbons (Fsp3) is 0.556. The van der Waals surface area contributed by atoms with Gasteiger partial charge >= 0.3 is 0 Å². The van der Waals surface area contributed by atoms with Gasteiger partial charge in [0, 0.05) is 13.1 Å². The molecule has 7 heteroatoms. The van der Waals surface area contributed by atoms with Crippen LogP contribution in [0, 0.1) is 5.92 Å². The third-order valence-electron chi connectivity index (χ3n) is 4.52. The molecule has 1 aromatic heterocycles. The summed E-state index contributed by atoms with van der Waals surface area (Å²) >= 11 is 5.87. The van der Waals surface area contributed by atoms with Gasteiger partial charge in [-0.05, 0) is 58.2 Å². The van der Waals surface area contributed by atoms with Crippen molar-refractivity contribution in [1.29, 1.82) is 0 Å². The molecule has 0 aromatic carbocycles. The molecule has 1 aliphatic heterocycles. The third kappa shape index (κ3) is 5.90. The number of aromatic amines is 1. The highest BCUT2D eigenvalue weighted by atomic mass is 35.5. The topological polar surface area (TPSA) is 91.2 Å². The normalized spacial score (nSPS) is 15.8. The zero-order chi connectivity index (χ0) is 18.4. The summed E-state index contributed by atoms with van der Waals surface area (Å²) in [7, 11) is 0. The Morgan fingerprint density at radius 1 is 1.44 bits per heavy atom. The van der Waals surface area contributed by atoms with Gasteiger partial charge in [0.1, 0.15) is 11.4 Å². The van der Waals surface area contributed by atoms with Crippen LogP contribution in [-0.4, -0.2) is 42.0 Å². The molecule has 1 fully saturated rings. The standard InChI is InChI=1S/C18H27ClN4O2/c1-12(2)4-3-7-23-8-5-13(6-9-23)11-21-17(24)14-10-15(19)16(20)22-18(14)25/h4,10,13H,3,5-9,11H2,1-2H3,(H,21,24)(H3,20,22,25). The number of carbonyl (C=O) groups excluding carboxylic acids is 1. The molecule has 0 spiro atoms. The number of likely N-dealkylation sites (tertiary alicyclic amines) is 1. The van der Waals surface area contributed by atoms with Crippen LogP contribution < -0.4 is 16.6 Å². The number of amides is 1. The summed E-state index contributed by atoms with van der Waals surface area (Å²) in [6, 6.07) is 1.32. The molecule has 1 saturated heterocycles. The van der Waals surface area contributed by atoms with Gasteiger partial charge in [-0.3, -0.25) is 9.59 Å². The minimum atomic E-state index is -0.520. The summed E-state index contributed by atoms with van der Waals surface area (Å²) in [6.07, 6.45) is 5.45. The molecule has 6 nitrogen and oxygen atoms in total. The highest BCUT2D eigenvalue weighted by Gasteiger charge is 2.20. The van der Waals surface area contributed by atoms with E-state index in [0.717, 1.165) is 38.9 Å². The number of piperidine rings is 1. The lowest BCUT2D eigenvalue weighted by Gasteiger charge is -2.31. The number of nitrogens with two attached hydrogens (primary N) is 1. The molecule has 1 amide bonds. The number of hydrogen-bond acceptors (Lipinski definition) is 4. The van der Waals surface area contributed by atoms with E-state index in [1.165, 1.54) is 11.6 Å². The van der Waals surface area contributed by atoms with Gasteiger partial charge in [-0.25, -0.2) is 0 Å². The van der Waals surface area contributed by atoms with Gasteiger partial charge in [-0.1, -0.05) is 23.3 Å². The fourth-order valence-corrected chi connectivity index (χ4v) is 3.13. The number of anilines is 1. The minimum Gasteiger partial charge on any atom is -0.384 e. The van der Waals surface area contributed by atoms with Gasteiger partial charge < -0.3 is 20.9 Å². The maximum atomic E-state index is 12.2. The number of rotatable bonds is 6. The van der Waals surface area contributed by atoms with E-state index in [4.69, 9.17) is 17.3 Å². The number of allylic oxidation sites excluding steroid dienone is 1. The first-order valence-electron chi connectivity index (χ1n) is 8.69. The van der Waals surface area contributed by atoms with Crippen molar-refractivity contribution < 1.29 is 4.79 Å². The van der Waals surface area contributed by atoms with Crippen LogP contribution in [-0.2, 0) is 0 Å². The first-order chi connectivity index (χ1) is 11.9. The van der Waals surface area contributed by atoms with Crippen molar-refractivity contribution in [2.45, 2.75) is 33.1 Å². The molecular formula is C18H27ClN4O2. The van der Waals surface area contributed by atoms with Gasteiger partial charge in [-0.15, -0.1) is 0 Å². The second-order valence-corrected chi connectivity index (χ2v) is 7.25. The van der Waals surface area contributed by atoms with Gasteiger partial charge in [0.2, 0.25) is 0 Å². The van der Waals surface area contributed by atoms with Crippen molar-refractivity contribution in [2.24, 2.45) is 5.92 Å². The van der Waals surface area contributed by atoms with E-state index in [0.29, 0.717) is 12.5 Å². The Morgan fingerprint density at radius 3 is 2.76 bits per heavy atom. The van der Waals surface area contributed by atoms with Gasteiger partial charge in [-0.2, -0.15) is 0 Å². The molecule has 0 bridgehead atoms. The van der Waals surface area contributed by atoms with Crippen LogP contribution in [0.1, 0.15) is 43.5 Å². The summed E-state index contributed by atoms with van der Waals surface area (Å²) in [6.45, 7) is 7.99. The highest BCUT2D eigenvalue weighted by Crippen LogP contribution is 2.17. The Bertz CT molecular complexity index is 687. The molecular weight excluding hydrogens is 340 g/mol. The number of hydrogen-bond donors (Lipinski definition) is 3. The molecule has 2 heterocycles. The maximum Gasteiger partial charge on any atom is 0.262 e. The minimum absolute atomic E-state index is 0.00152. The van der Waals surface area contributed by atoms with Crippen LogP contribution >= 0.6 is 11.6 Å². The molecule has 4 N–H and O–H groups in total. The number of H-pyrrole nitrogens is 1. The number of pyridine rings is 1. The first-order valence-corrected chi connectivity index (χ1v) is 9.07.